The molecule has 1 aromatic heterocycles. The fourth-order valence-corrected chi connectivity index (χ4v) is 6.71. The van der Waals surface area contributed by atoms with E-state index in [1.54, 1.807) is 30.3 Å². The second kappa shape index (κ2) is 31.0. The molecule has 20 nitrogen and oxygen atoms in total. The number of imidazole rings is 1. The van der Waals surface area contributed by atoms with Crippen LogP contribution in [0.15, 0.2) is 42.9 Å². The Morgan fingerprint density at radius 1 is 0.594 bits per heavy atom. The number of unbranched alkanes of at least 4 members (excludes halogenated alkanes) is 12. The van der Waals surface area contributed by atoms with Crippen LogP contribution in [0, 0.1) is 0 Å². The normalized spacial score (nSPS) is 13.8. The van der Waals surface area contributed by atoms with E-state index in [0.29, 0.717) is 17.7 Å². The van der Waals surface area contributed by atoms with Crippen molar-refractivity contribution in [3.63, 3.8) is 0 Å². The predicted octanol–water partition coefficient (Wildman–Crippen LogP) is 1.39. The van der Waals surface area contributed by atoms with Crippen LogP contribution in [-0.2, 0) is 51.2 Å². The number of aliphatic hydroxyl groups is 2. The van der Waals surface area contributed by atoms with Gasteiger partial charge < -0.3 is 57.3 Å². The Balaban J connectivity index is 0.0000211. The summed E-state index contributed by atoms with van der Waals surface area (Å²) in [5, 5.41) is 52.5. The summed E-state index contributed by atoms with van der Waals surface area (Å²) < 4.78 is 0. The molecule has 0 saturated carbocycles. The van der Waals surface area contributed by atoms with E-state index in [-0.39, 0.29) is 20.7 Å². The molecule has 0 fully saturated rings. The molecule has 0 unspecified atom stereocenters. The van der Waals surface area contributed by atoms with Gasteiger partial charge >= 0.3 is 11.9 Å². The number of nitrogens with one attached hydrogen (secondary N) is 7. The second-order valence-corrected chi connectivity index (χ2v) is 15.9. The van der Waals surface area contributed by atoms with Gasteiger partial charge in [0.25, 0.3) is 0 Å². The number of benzene rings is 1. The van der Waals surface area contributed by atoms with Gasteiger partial charge in [-0.15, -0.1) is 0 Å². The van der Waals surface area contributed by atoms with E-state index in [4.69, 9.17) is 0 Å². The quantitative estimate of drug-likeness (QED) is 0.0443. The first-order valence-corrected chi connectivity index (χ1v) is 22.2. The molecular weight excluding hydrogens is 833 g/mol. The Morgan fingerprint density at radius 3 is 1.59 bits per heavy atom. The number of nitrogens with zero attached hydrogens (tertiary/aromatic N) is 1. The Labute approximate surface area is 375 Å². The van der Waals surface area contributed by atoms with Gasteiger partial charge in [-0.05, 0) is 18.9 Å². The van der Waals surface area contributed by atoms with E-state index < -0.39 is 103 Å². The molecule has 0 spiro atoms. The molecule has 358 valence electrons. The summed E-state index contributed by atoms with van der Waals surface area (Å²) in [6.45, 7) is 1.57. The number of carboxylic acid groups (broad SMARTS) is 2. The summed E-state index contributed by atoms with van der Waals surface area (Å²) in [6, 6.07) is -0.754. The number of hydrogen-bond acceptors (Lipinski definition) is 11. The van der Waals surface area contributed by atoms with Crippen LogP contribution in [0.25, 0.3) is 0 Å². The molecule has 11 N–H and O–H groups in total. The molecular formula is C44H70N8O12. The Hall–Kier alpha value is -5.89. The van der Waals surface area contributed by atoms with Crippen molar-refractivity contribution in [2.24, 2.45) is 0 Å². The van der Waals surface area contributed by atoms with E-state index in [1.165, 1.54) is 70.8 Å². The third kappa shape index (κ3) is 22.0. The lowest BCUT2D eigenvalue weighted by atomic mass is 10.0. The maximum Gasteiger partial charge on any atom is 0.328 e. The molecule has 2 rings (SSSR count). The average molecular weight is 903 g/mol. The van der Waals surface area contributed by atoms with Gasteiger partial charge in [-0.25, -0.2) is 9.78 Å². The van der Waals surface area contributed by atoms with E-state index in [9.17, 15) is 58.8 Å². The highest BCUT2D eigenvalue weighted by Crippen LogP contribution is 2.13. The maximum atomic E-state index is 13.7. The van der Waals surface area contributed by atoms with Gasteiger partial charge in [0.1, 0.15) is 36.3 Å². The van der Waals surface area contributed by atoms with Crippen LogP contribution >= 0.6 is 0 Å². The van der Waals surface area contributed by atoms with Crippen LogP contribution in [0.3, 0.4) is 0 Å². The number of carboxylic acids is 2. The number of carbonyl (C=O) groups is 8. The zero-order valence-electron chi connectivity index (χ0n) is 36.9. The van der Waals surface area contributed by atoms with Crippen LogP contribution in [0.1, 0.15) is 123 Å². The molecule has 0 aliphatic rings. The van der Waals surface area contributed by atoms with Crippen molar-refractivity contribution < 1.29 is 60.2 Å². The van der Waals surface area contributed by atoms with E-state index in [0.717, 1.165) is 25.7 Å². The summed E-state index contributed by atoms with van der Waals surface area (Å²) in [6.07, 6.45) is 16.3. The zero-order chi connectivity index (χ0) is 47.3. The summed E-state index contributed by atoms with van der Waals surface area (Å²) in [5.41, 5.74) is 0.931. The van der Waals surface area contributed by atoms with Crippen LogP contribution in [0.5, 0.6) is 0 Å². The van der Waals surface area contributed by atoms with Crippen molar-refractivity contribution in [2.75, 3.05) is 13.2 Å². The fraction of sp³-hybridized carbons (Fsp3) is 0.614. The number of aromatic nitrogens is 2. The van der Waals surface area contributed by atoms with Crippen LogP contribution < -0.4 is 31.9 Å². The number of carbonyl (C=O) groups excluding carboxylic acids is 6. The first-order chi connectivity index (χ1) is 30.7. The summed E-state index contributed by atoms with van der Waals surface area (Å²) in [5.74, 6) is -8.24. The van der Waals surface area contributed by atoms with Gasteiger partial charge in [-0.1, -0.05) is 114 Å². The number of hydrogen-bond donors (Lipinski definition) is 11. The van der Waals surface area contributed by atoms with Crippen molar-refractivity contribution in [1.82, 2.24) is 41.9 Å². The number of aliphatic carboxylic acids is 2. The highest BCUT2D eigenvalue weighted by atomic mass is 16.4. The molecule has 64 heavy (non-hydrogen) atoms. The van der Waals surface area contributed by atoms with Gasteiger partial charge in [0.2, 0.25) is 35.4 Å². The minimum Gasteiger partial charge on any atom is -0.481 e. The topological polar surface area (TPSA) is 318 Å². The van der Waals surface area contributed by atoms with Gasteiger partial charge in [-0.2, -0.15) is 0 Å². The minimum atomic E-state index is -1.69. The van der Waals surface area contributed by atoms with Gasteiger partial charge in [-0.3, -0.25) is 33.6 Å². The SMILES string of the molecule is CCCCCCCCCCCCCCCC(=O)N[C@@H](CC(=O)O)C(=O)N[C@@H](C)C(=O)N[C@@H](Cc1cnc[nH]1)C(=O)N[C@@H](CO)C(=O)N[C@@H](Cc1ccccc1)C(=O)N[C@@H](CO)C(=O)O.[HH]. The molecule has 0 bridgehead atoms. The zero-order valence-corrected chi connectivity index (χ0v) is 36.9. The molecule has 0 saturated heterocycles. The van der Waals surface area contributed by atoms with Crippen molar-refractivity contribution in [3.8, 4) is 0 Å². The van der Waals surface area contributed by atoms with E-state index >= 15 is 0 Å². The number of aliphatic hydroxyl groups excluding tert-OH is 2. The molecule has 1 aromatic carbocycles. The van der Waals surface area contributed by atoms with Crippen molar-refractivity contribution in [3.05, 3.63) is 54.1 Å². The predicted molar refractivity (Wildman–Crippen MR) is 236 cm³/mol. The molecule has 20 heteroatoms. The molecule has 0 radical (unpaired) electrons. The molecule has 6 atom stereocenters. The summed E-state index contributed by atoms with van der Waals surface area (Å²) in [4.78, 5) is 109. The number of rotatable bonds is 34. The minimum absolute atomic E-state index is 0. The Bertz CT molecular complexity index is 1750. The Kier molecular flexibility index (Phi) is 26.3. The highest BCUT2D eigenvalue weighted by Gasteiger charge is 2.33. The van der Waals surface area contributed by atoms with E-state index in [1.807, 2.05) is 0 Å². The largest absolute Gasteiger partial charge is 0.481 e. The van der Waals surface area contributed by atoms with Gasteiger partial charge in [0.05, 0.1) is 26.0 Å². The van der Waals surface area contributed by atoms with Crippen LogP contribution in [-0.4, -0.2) is 127 Å². The Morgan fingerprint density at radius 2 is 1.08 bits per heavy atom. The number of amides is 6. The third-order valence-corrected chi connectivity index (χ3v) is 10.4. The lowest BCUT2D eigenvalue weighted by molar-refractivity contribution is -0.143. The molecule has 0 aliphatic heterocycles. The number of aromatic amines is 1. The van der Waals surface area contributed by atoms with Crippen LogP contribution in [0.2, 0.25) is 0 Å². The van der Waals surface area contributed by atoms with Crippen molar-refractivity contribution >= 4 is 47.4 Å². The molecule has 0 aliphatic carbocycles. The molecule has 6 amide bonds. The first kappa shape index (κ1) is 54.2. The smallest absolute Gasteiger partial charge is 0.328 e. The maximum absolute atomic E-state index is 13.7. The fourth-order valence-electron chi connectivity index (χ4n) is 6.71. The third-order valence-electron chi connectivity index (χ3n) is 10.4. The van der Waals surface area contributed by atoms with Gasteiger partial charge in [0.15, 0.2) is 0 Å². The highest BCUT2D eigenvalue weighted by molar-refractivity contribution is 5.97. The molecule has 2 aromatic rings. The second-order valence-electron chi connectivity index (χ2n) is 15.9. The van der Waals surface area contributed by atoms with Gasteiger partial charge in [0, 0.05) is 32.6 Å². The summed E-state index contributed by atoms with van der Waals surface area (Å²) in [7, 11) is 0. The van der Waals surface area contributed by atoms with Crippen molar-refractivity contribution in [1.29, 1.82) is 0 Å². The lowest BCUT2D eigenvalue weighted by Crippen LogP contribution is -2.60. The molecule has 1 heterocycles. The standard InChI is InChI=1S/C44H68N8O12.H2/c1-3-4-5-6-7-8-9-10-11-12-13-14-18-21-37(55)48-34(24-38(56)57)40(59)47-29(2)39(58)49-33(23-31-25-45-28-46-31)42(61)51-35(26-53)43(62)50-32(22-30-19-16-15-17-20-30)41(60)52-36(27-54)44(63)64;/h15-17,19-20,25,28-29,32-36,53-54H,3-14,18,21-24,26-27H2,1-2H3,(H,45,46)(H,47,59)(H,48,55)(H,49,58)(H,50,62)(H,51,61)(H,52,60)(H,56,57)(H,63,64);1H/t29-,32-,33-,34-,35-,36-;/m0./s1. The van der Waals surface area contributed by atoms with Crippen LogP contribution in [0.4, 0.5) is 0 Å². The first-order valence-electron chi connectivity index (χ1n) is 22.2. The van der Waals surface area contributed by atoms with Crippen molar-refractivity contribution in [2.45, 2.75) is 159 Å². The van der Waals surface area contributed by atoms with E-state index in [2.05, 4.69) is 48.8 Å². The lowest BCUT2D eigenvalue weighted by Gasteiger charge is -2.26. The number of H-pyrrole nitrogens is 1. The summed E-state index contributed by atoms with van der Waals surface area (Å²) >= 11 is 0. The average Bonchev–Trinajstić information content (AvgIpc) is 3.78. The monoisotopic (exact) mass is 903 g/mol.